The monoisotopic (exact) mass is 476 g/mol. The van der Waals surface area contributed by atoms with Crippen LogP contribution in [-0.2, 0) is 21.4 Å². The zero-order valence-electron chi connectivity index (χ0n) is 17.0. The van der Waals surface area contributed by atoms with E-state index in [2.05, 4.69) is 9.62 Å². The number of para-hydroxylation sites is 1. The number of nitrogens with one attached hydrogen (secondary N) is 1. The van der Waals surface area contributed by atoms with Crippen LogP contribution >= 0.6 is 0 Å². The summed E-state index contributed by atoms with van der Waals surface area (Å²) >= 11 is 0. The van der Waals surface area contributed by atoms with E-state index in [4.69, 9.17) is 19.1 Å². The number of carboxylic acid groups (broad SMARTS) is 1. The lowest BCUT2D eigenvalue weighted by Crippen LogP contribution is -2.49. The van der Waals surface area contributed by atoms with Gasteiger partial charge in [-0.05, 0) is 50.2 Å². The van der Waals surface area contributed by atoms with Crippen molar-refractivity contribution in [2.45, 2.75) is 30.5 Å². The third-order valence-corrected chi connectivity index (χ3v) is 6.87. The summed E-state index contributed by atoms with van der Waals surface area (Å²) in [6, 6.07) is 10.7. The molecular weight excluding hydrogens is 453 g/mol. The molecule has 0 atom stereocenters. The second-order valence-corrected chi connectivity index (χ2v) is 9.45. The summed E-state index contributed by atoms with van der Waals surface area (Å²) in [5, 5.41) is 7.12. The quantitative estimate of drug-likeness (QED) is 0.686. The maximum absolute atomic E-state index is 12.5. The average Bonchev–Trinajstić information content (AvgIpc) is 3.25. The first kappa shape index (κ1) is 24.1. The third-order valence-electron chi connectivity index (χ3n) is 5.43. The summed E-state index contributed by atoms with van der Waals surface area (Å²) in [5.74, 6) is -1.36. The Bertz CT molecular complexity index is 1020. The standard InChI is InChI=1S/C18H22N2O4S.C2HF3O2/c21-25(22)17-6-2-1-5-16(17)24-14-18(13-19-25)7-9-20(10-8-18)12-15-4-3-11-23-15;3-2(4,5)1(6)7/h1-6,11,19H,7-10,12-14H2;(H,6,7). The fourth-order valence-electron chi connectivity index (χ4n) is 3.53. The summed E-state index contributed by atoms with van der Waals surface area (Å²) in [7, 11) is -3.54. The van der Waals surface area contributed by atoms with Crippen molar-refractivity contribution >= 4 is 16.0 Å². The number of fused-ring (bicyclic) bond motifs is 1. The number of carboxylic acids is 1. The highest BCUT2D eigenvalue weighted by Crippen LogP contribution is 2.36. The largest absolute Gasteiger partial charge is 0.492 e. The van der Waals surface area contributed by atoms with Crippen LogP contribution in [0.15, 0.2) is 52.0 Å². The number of halogens is 3. The maximum Gasteiger partial charge on any atom is 0.490 e. The Balaban J connectivity index is 0.000000360. The van der Waals surface area contributed by atoms with Crippen LogP contribution in [0.1, 0.15) is 18.6 Å². The average molecular weight is 476 g/mol. The van der Waals surface area contributed by atoms with Crippen molar-refractivity contribution in [2.75, 3.05) is 26.2 Å². The minimum absolute atomic E-state index is 0.166. The smallest absolute Gasteiger partial charge is 0.490 e. The lowest BCUT2D eigenvalue weighted by Gasteiger charge is -2.42. The lowest BCUT2D eigenvalue weighted by molar-refractivity contribution is -0.192. The van der Waals surface area contributed by atoms with Crippen LogP contribution in [0.4, 0.5) is 13.2 Å². The van der Waals surface area contributed by atoms with E-state index in [0.717, 1.165) is 38.2 Å². The highest BCUT2D eigenvalue weighted by molar-refractivity contribution is 7.89. The van der Waals surface area contributed by atoms with E-state index < -0.39 is 22.2 Å². The van der Waals surface area contributed by atoms with Gasteiger partial charge in [0.25, 0.3) is 0 Å². The van der Waals surface area contributed by atoms with Gasteiger partial charge >= 0.3 is 12.1 Å². The highest BCUT2D eigenvalue weighted by atomic mass is 32.2. The molecule has 176 valence electrons. The van der Waals surface area contributed by atoms with Crippen molar-refractivity contribution in [1.29, 1.82) is 0 Å². The number of aliphatic carboxylic acids is 1. The van der Waals surface area contributed by atoms with Crippen molar-refractivity contribution in [2.24, 2.45) is 5.41 Å². The topological polar surface area (TPSA) is 109 Å². The Hall–Kier alpha value is -2.57. The van der Waals surface area contributed by atoms with Gasteiger partial charge in [0.2, 0.25) is 10.0 Å². The predicted octanol–water partition coefficient (Wildman–Crippen LogP) is 2.87. The first-order chi connectivity index (χ1) is 15.0. The van der Waals surface area contributed by atoms with E-state index >= 15 is 0 Å². The number of benzene rings is 1. The number of alkyl halides is 3. The minimum Gasteiger partial charge on any atom is -0.492 e. The Morgan fingerprint density at radius 2 is 1.81 bits per heavy atom. The summed E-state index contributed by atoms with van der Waals surface area (Å²) in [4.78, 5) is 11.5. The molecule has 1 aromatic carbocycles. The molecule has 1 saturated heterocycles. The van der Waals surface area contributed by atoms with Gasteiger partial charge in [0.05, 0.1) is 19.4 Å². The van der Waals surface area contributed by atoms with E-state index in [1.54, 1.807) is 30.5 Å². The van der Waals surface area contributed by atoms with Crippen LogP contribution in [0.2, 0.25) is 0 Å². The molecule has 2 N–H and O–H groups in total. The number of likely N-dealkylation sites (tertiary alicyclic amines) is 1. The number of ether oxygens (including phenoxy) is 1. The van der Waals surface area contributed by atoms with Crippen LogP contribution in [0.25, 0.3) is 0 Å². The Morgan fingerprint density at radius 1 is 1.16 bits per heavy atom. The molecule has 0 amide bonds. The number of nitrogens with zero attached hydrogens (tertiary/aromatic N) is 1. The number of rotatable bonds is 2. The molecule has 2 aliphatic heterocycles. The molecule has 2 aromatic rings. The second-order valence-electron chi connectivity index (χ2n) is 7.72. The second kappa shape index (κ2) is 9.51. The summed E-state index contributed by atoms with van der Waals surface area (Å²) in [6.07, 6.45) is -1.62. The minimum atomic E-state index is -5.08. The van der Waals surface area contributed by atoms with Crippen molar-refractivity contribution in [3.05, 3.63) is 48.4 Å². The van der Waals surface area contributed by atoms with Gasteiger partial charge in [-0.1, -0.05) is 12.1 Å². The van der Waals surface area contributed by atoms with Gasteiger partial charge in [-0.2, -0.15) is 13.2 Å². The van der Waals surface area contributed by atoms with Gasteiger partial charge in [0, 0.05) is 12.0 Å². The van der Waals surface area contributed by atoms with Crippen molar-refractivity contribution in [3.8, 4) is 5.75 Å². The molecule has 0 unspecified atom stereocenters. The Morgan fingerprint density at radius 3 is 2.41 bits per heavy atom. The highest BCUT2D eigenvalue weighted by Gasteiger charge is 2.39. The molecule has 8 nitrogen and oxygen atoms in total. The van der Waals surface area contributed by atoms with Gasteiger partial charge in [-0.25, -0.2) is 17.9 Å². The van der Waals surface area contributed by atoms with Gasteiger partial charge in [-0.3, -0.25) is 4.90 Å². The van der Waals surface area contributed by atoms with Gasteiger partial charge < -0.3 is 14.3 Å². The van der Waals surface area contributed by atoms with Gasteiger partial charge in [-0.15, -0.1) is 0 Å². The first-order valence-electron chi connectivity index (χ1n) is 9.77. The molecular formula is C20H23F3N2O6S. The molecule has 2 aliphatic rings. The SMILES string of the molecule is O=C(O)C(F)(F)F.O=S1(=O)NCC2(CCN(Cc3ccco3)CC2)COc2ccccc21. The van der Waals surface area contributed by atoms with Crippen molar-refractivity contribution in [1.82, 2.24) is 9.62 Å². The summed E-state index contributed by atoms with van der Waals surface area (Å²) < 4.78 is 71.0. The molecule has 1 aromatic heterocycles. The molecule has 1 fully saturated rings. The number of piperidine rings is 1. The van der Waals surface area contributed by atoms with Crippen LogP contribution in [-0.4, -0.2) is 56.8 Å². The van der Waals surface area contributed by atoms with Crippen LogP contribution in [0, 0.1) is 5.41 Å². The molecule has 0 radical (unpaired) electrons. The molecule has 32 heavy (non-hydrogen) atoms. The third kappa shape index (κ3) is 6.02. The van der Waals surface area contributed by atoms with Crippen molar-refractivity contribution < 1.29 is 40.6 Å². The molecule has 3 heterocycles. The summed E-state index contributed by atoms with van der Waals surface area (Å²) in [5.41, 5.74) is -0.166. The lowest BCUT2D eigenvalue weighted by atomic mass is 9.79. The summed E-state index contributed by atoms with van der Waals surface area (Å²) in [6.45, 7) is 3.53. The van der Waals surface area contributed by atoms with E-state index in [1.807, 2.05) is 12.1 Å². The van der Waals surface area contributed by atoms with Crippen LogP contribution in [0.5, 0.6) is 5.75 Å². The predicted molar refractivity (Wildman–Crippen MR) is 106 cm³/mol. The van der Waals surface area contributed by atoms with Gasteiger partial charge in [0.1, 0.15) is 16.4 Å². The van der Waals surface area contributed by atoms with E-state index in [1.165, 1.54) is 0 Å². The van der Waals surface area contributed by atoms with E-state index in [9.17, 15) is 21.6 Å². The molecule has 12 heteroatoms. The number of sulfonamides is 1. The maximum atomic E-state index is 12.5. The molecule has 0 aliphatic carbocycles. The molecule has 0 bridgehead atoms. The number of carbonyl (C=O) groups is 1. The number of furan rings is 1. The normalized spacial score (nSPS) is 20.1. The van der Waals surface area contributed by atoms with Gasteiger partial charge in [0.15, 0.2) is 0 Å². The van der Waals surface area contributed by atoms with Crippen molar-refractivity contribution in [3.63, 3.8) is 0 Å². The Labute approximate surface area is 183 Å². The molecule has 0 saturated carbocycles. The van der Waals surface area contributed by atoms with E-state index in [0.29, 0.717) is 18.9 Å². The number of hydrogen-bond donors (Lipinski definition) is 2. The van der Waals surface area contributed by atoms with Crippen LogP contribution in [0.3, 0.4) is 0 Å². The molecule has 4 rings (SSSR count). The zero-order chi connectivity index (χ0) is 23.4. The van der Waals surface area contributed by atoms with Crippen LogP contribution < -0.4 is 9.46 Å². The zero-order valence-corrected chi connectivity index (χ0v) is 17.8. The van der Waals surface area contributed by atoms with E-state index in [-0.39, 0.29) is 10.3 Å². The molecule has 1 spiro atoms. The first-order valence-corrected chi connectivity index (χ1v) is 11.3. The Kier molecular flexibility index (Phi) is 7.16. The fourth-order valence-corrected chi connectivity index (χ4v) is 4.83. The fraction of sp³-hybridized carbons (Fsp3) is 0.450. The number of hydrogen-bond acceptors (Lipinski definition) is 6.